The summed E-state index contributed by atoms with van der Waals surface area (Å²) in [4.78, 5) is 0. The third-order valence-corrected chi connectivity index (χ3v) is 11.9. The molecule has 0 atom stereocenters. The van der Waals surface area contributed by atoms with E-state index in [2.05, 4.69) is 79.8 Å². The van der Waals surface area contributed by atoms with Crippen LogP contribution in [0.15, 0.2) is 18.2 Å². The van der Waals surface area contributed by atoms with Gasteiger partial charge in [0.05, 0.1) is 17.8 Å². The summed E-state index contributed by atoms with van der Waals surface area (Å²) in [6.07, 6.45) is 3.38. The molecule has 4 nitrogen and oxygen atoms in total. The lowest BCUT2D eigenvalue weighted by atomic mass is 9.78. The van der Waals surface area contributed by atoms with Gasteiger partial charge in [0.1, 0.15) is 5.75 Å². The molecule has 0 amide bonds. The highest BCUT2D eigenvalue weighted by molar-refractivity contribution is 6.74. The van der Waals surface area contributed by atoms with Crippen LogP contribution in [0.2, 0.25) is 18.1 Å². The number of ether oxygens (including phenoxy) is 1. The van der Waals surface area contributed by atoms with Crippen LogP contribution in [0, 0.1) is 0 Å². The van der Waals surface area contributed by atoms with Gasteiger partial charge in [-0.25, -0.2) is 0 Å². The van der Waals surface area contributed by atoms with Crippen molar-refractivity contribution in [2.45, 2.75) is 103 Å². The van der Waals surface area contributed by atoms with Crippen LogP contribution in [0.5, 0.6) is 5.75 Å². The fourth-order valence-corrected chi connectivity index (χ4v) is 4.41. The van der Waals surface area contributed by atoms with E-state index < -0.39 is 8.32 Å². The third kappa shape index (κ3) is 5.14. The second-order valence-electron chi connectivity index (χ2n) is 11.5. The van der Waals surface area contributed by atoms with E-state index >= 15 is 0 Å². The van der Waals surface area contributed by atoms with Gasteiger partial charge < -0.3 is 18.5 Å². The van der Waals surface area contributed by atoms with Crippen molar-refractivity contribution in [1.29, 1.82) is 0 Å². The van der Waals surface area contributed by atoms with E-state index in [1.54, 1.807) is 0 Å². The Hall–Kier alpha value is -0.818. The maximum Gasteiger partial charge on any atom is 0.494 e. The van der Waals surface area contributed by atoms with E-state index in [0.29, 0.717) is 12.5 Å². The molecule has 2 aliphatic rings. The topological polar surface area (TPSA) is 36.9 Å². The Morgan fingerprint density at radius 3 is 2.17 bits per heavy atom. The van der Waals surface area contributed by atoms with Gasteiger partial charge in [0, 0.05) is 13.0 Å². The molecule has 1 saturated heterocycles. The highest BCUT2D eigenvalue weighted by atomic mass is 28.4. The van der Waals surface area contributed by atoms with Crippen LogP contribution in [-0.4, -0.2) is 39.9 Å². The maximum atomic E-state index is 6.27. The largest absolute Gasteiger partial charge is 0.494 e. The van der Waals surface area contributed by atoms with Crippen molar-refractivity contribution in [2.75, 3.05) is 13.2 Å². The zero-order valence-corrected chi connectivity index (χ0v) is 21.6. The highest BCUT2D eigenvalue weighted by Crippen LogP contribution is 2.44. The summed E-state index contributed by atoms with van der Waals surface area (Å²) in [5, 5.41) is 0.246. The van der Waals surface area contributed by atoms with Gasteiger partial charge in [-0.05, 0) is 81.7 Å². The molecule has 1 aliphatic heterocycles. The Kier molecular flexibility index (Phi) is 6.57. The Morgan fingerprint density at radius 2 is 1.63 bits per heavy atom. The quantitative estimate of drug-likeness (QED) is 0.393. The highest BCUT2D eigenvalue weighted by Gasteiger charge is 2.52. The fourth-order valence-electron chi connectivity index (χ4n) is 3.32. The molecule has 0 spiro atoms. The van der Waals surface area contributed by atoms with Crippen LogP contribution >= 0.6 is 0 Å². The Morgan fingerprint density at radius 1 is 1.03 bits per heavy atom. The van der Waals surface area contributed by atoms with Crippen molar-refractivity contribution >= 4 is 20.9 Å². The molecule has 2 fully saturated rings. The number of hydrogen-bond donors (Lipinski definition) is 0. The summed E-state index contributed by atoms with van der Waals surface area (Å²) >= 11 is 0. The molecule has 1 saturated carbocycles. The van der Waals surface area contributed by atoms with Gasteiger partial charge in [-0.2, -0.15) is 0 Å². The Balaban J connectivity index is 1.59. The normalized spacial score (nSPS) is 21.2. The summed E-state index contributed by atoms with van der Waals surface area (Å²) in [5.41, 5.74) is 1.74. The zero-order chi connectivity index (χ0) is 22.4. The lowest BCUT2D eigenvalue weighted by molar-refractivity contribution is 0.00578. The molecule has 1 heterocycles. The fraction of sp³-hybridized carbons (Fsp3) is 0.750. The summed E-state index contributed by atoms with van der Waals surface area (Å²) in [6.45, 7) is 21.3. The minimum Gasteiger partial charge on any atom is -0.493 e. The molecule has 3 rings (SSSR count). The van der Waals surface area contributed by atoms with Crippen molar-refractivity contribution < 1.29 is 18.5 Å². The molecule has 1 aromatic carbocycles. The van der Waals surface area contributed by atoms with Crippen molar-refractivity contribution in [3.63, 3.8) is 0 Å². The van der Waals surface area contributed by atoms with Crippen LogP contribution in [0.3, 0.4) is 0 Å². The van der Waals surface area contributed by atoms with Gasteiger partial charge in [-0.15, -0.1) is 0 Å². The lowest BCUT2D eigenvalue weighted by Gasteiger charge is -2.36. The molecule has 0 bridgehead atoms. The summed E-state index contributed by atoms with van der Waals surface area (Å²) in [5.74, 6) is 1.61. The maximum absolute atomic E-state index is 6.27. The SMILES string of the molecule is CC1(C)OB(c2ccc(OCCCO[Si](C)(C)C(C)(C)C)c(C3CC3)c2)OC1(C)C. The summed E-state index contributed by atoms with van der Waals surface area (Å²) in [6, 6.07) is 6.43. The minimum atomic E-state index is -1.68. The van der Waals surface area contributed by atoms with Crippen molar-refractivity contribution in [2.24, 2.45) is 0 Å². The van der Waals surface area contributed by atoms with Gasteiger partial charge in [-0.1, -0.05) is 32.9 Å². The van der Waals surface area contributed by atoms with Gasteiger partial charge in [0.15, 0.2) is 8.32 Å². The van der Waals surface area contributed by atoms with E-state index in [4.69, 9.17) is 18.5 Å². The first kappa shape index (κ1) is 23.8. The molecule has 0 unspecified atom stereocenters. The predicted octanol–water partition coefficient (Wildman–Crippen LogP) is 5.65. The summed E-state index contributed by atoms with van der Waals surface area (Å²) < 4.78 is 24.9. The van der Waals surface area contributed by atoms with Gasteiger partial charge in [-0.3, -0.25) is 0 Å². The van der Waals surface area contributed by atoms with Crippen LogP contribution in [0.4, 0.5) is 0 Å². The zero-order valence-electron chi connectivity index (χ0n) is 20.6. The third-order valence-electron chi connectivity index (χ3n) is 7.39. The molecule has 0 radical (unpaired) electrons. The van der Waals surface area contributed by atoms with Gasteiger partial charge in [0.25, 0.3) is 0 Å². The molecular weight excluding hydrogens is 391 g/mol. The van der Waals surface area contributed by atoms with Crippen LogP contribution < -0.4 is 10.2 Å². The first-order valence-electron chi connectivity index (χ1n) is 11.5. The van der Waals surface area contributed by atoms with Gasteiger partial charge >= 0.3 is 7.12 Å². The average Bonchev–Trinajstić information content (AvgIpc) is 3.41. The monoisotopic (exact) mass is 432 g/mol. The molecule has 30 heavy (non-hydrogen) atoms. The minimum absolute atomic E-state index is 0.246. The number of hydrogen-bond acceptors (Lipinski definition) is 4. The Bertz CT molecular complexity index is 734. The van der Waals surface area contributed by atoms with Crippen molar-refractivity contribution in [3.05, 3.63) is 23.8 Å². The summed E-state index contributed by atoms with van der Waals surface area (Å²) in [7, 11) is -2.00. The second kappa shape index (κ2) is 8.27. The first-order valence-corrected chi connectivity index (χ1v) is 14.4. The first-order chi connectivity index (χ1) is 13.7. The lowest BCUT2D eigenvalue weighted by Crippen LogP contribution is -2.41. The van der Waals surface area contributed by atoms with Gasteiger partial charge in [0.2, 0.25) is 0 Å². The predicted molar refractivity (Wildman–Crippen MR) is 127 cm³/mol. The number of rotatable bonds is 8. The van der Waals surface area contributed by atoms with E-state index in [-0.39, 0.29) is 23.4 Å². The molecule has 6 heteroatoms. The molecule has 1 aromatic rings. The molecule has 1 aliphatic carbocycles. The van der Waals surface area contributed by atoms with E-state index in [9.17, 15) is 0 Å². The standard InChI is InChI=1S/C24H41BO4Si/c1-22(2,3)30(8,9)27-16-10-15-26-21-14-13-19(17-20(21)18-11-12-18)25-28-23(4,5)24(6,7)29-25/h13-14,17-18H,10-12,15-16H2,1-9H3. The Labute approximate surface area is 185 Å². The average molecular weight is 432 g/mol. The van der Waals surface area contributed by atoms with E-state index in [0.717, 1.165) is 24.2 Å². The van der Waals surface area contributed by atoms with Crippen LogP contribution in [-0.2, 0) is 13.7 Å². The number of benzene rings is 1. The molecule has 0 N–H and O–H groups in total. The van der Waals surface area contributed by atoms with Crippen molar-refractivity contribution in [1.82, 2.24) is 0 Å². The molecule has 0 aromatic heterocycles. The smallest absolute Gasteiger partial charge is 0.493 e. The van der Waals surface area contributed by atoms with Crippen molar-refractivity contribution in [3.8, 4) is 5.75 Å². The molecular formula is C24H41BO4Si. The van der Waals surface area contributed by atoms with Crippen LogP contribution in [0.1, 0.15) is 79.2 Å². The van der Waals surface area contributed by atoms with Crippen LogP contribution in [0.25, 0.3) is 0 Å². The van der Waals surface area contributed by atoms with E-state index in [1.807, 2.05) is 0 Å². The van der Waals surface area contributed by atoms with E-state index in [1.165, 1.54) is 18.4 Å². The second-order valence-corrected chi connectivity index (χ2v) is 16.3. The molecule has 168 valence electrons.